The van der Waals surface area contributed by atoms with Gasteiger partial charge in [0.05, 0.1) is 5.75 Å². The van der Waals surface area contributed by atoms with Gasteiger partial charge < -0.3 is 5.32 Å². The third-order valence-corrected chi connectivity index (χ3v) is 5.50. The Bertz CT molecular complexity index is 471. The van der Waals surface area contributed by atoms with E-state index in [2.05, 4.69) is 33.4 Å². The molecule has 5 heteroatoms. The Morgan fingerprint density at radius 3 is 2.37 bits per heavy atom. The van der Waals surface area contributed by atoms with E-state index in [1.54, 1.807) is 0 Å². The van der Waals surface area contributed by atoms with E-state index in [0.29, 0.717) is 18.6 Å². The third-order valence-electron chi connectivity index (χ3n) is 3.08. The highest BCUT2D eigenvalue weighted by atomic mass is 79.9. The Kier molecular flexibility index (Phi) is 7.04. The minimum Gasteiger partial charge on any atom is -0.319 e. The first kappa shape index (κ1) is 16.7. The minimum atomic E-state index is -2.90. The van der Waals surface area contributed by atoms with Crippen LogP contribution < -0.4 is 5.32 Å². The van der Waals surface area contributed by atoms with Crippen LogP contribution in [0, 0.1) is 0 Å². The fourth-order valence-corrected chi connectivity index (χ4v) is 3.84. The average Bonchev–Trinajstić information content (AvgIpc) is 2.35. The first-order valence-corrected chi connectivity index (χ1v) is 9.20. The molecule has 1 atom stereocenters. The van der Waals surface area contributed by atoms with Crippen molar-refractivity contribution in [1.82, 2.24) is 5.32 Å². The van der Waals surface area contributed by atoms with Gasteiger partial charge in [0.15, 0.2) is 0 Å². The summed E-state index contributed by atoms with van der Waals surface area (Å²) in [5, 5.41) is 3.14. The van der Waals surface area contributed by atoms with Gasteiger partial charge in [-0.25, -0.2) is 8.42 Å². The molecule has 0 spiro atoms. The molecule has 0 aromatic heterocycles. The van der Waals surface area contributed by atoms with Gasteiger partial charge in [-0.15, -0.1) is 0 Å². The predicted octanol–water partition coefficient (Wildman–Crippen LogP) is 2.97. The standard InChI is InChI=1S/C14H22BrNO2S/c1-3-9-19(17,18)10-8-13(11-16-2)12-4-6-14(15)7-5-12/h4-7,13,16H,3,8-11H2,1-2H3. The number of hydrogen-bond donors (Lipinski definition) is 1. The molecule has 1 unspecified atom stereocenters. The Hall–Kier alpha value is -0.390. The average molecular weight is 348 g/mol. The van der Waals surface area contributed by atoms with Crippen LogP contribution >= 0.6 is 15.9 Å². The monoisotopic (exact) mass is 347 g/mol. The van der Waals surface area contributed by atoms with Crippen LogP contribution in [0.2, 0.25) is 0 Å². The first-order valence-electron chi connectivity index (χ1n) is 6.59. The van der Waals surface area contributed by atoms with Crippen LogP contribution in [0.4, 0.5) is 0 Å². The molecule has 0 aliphatic heterocycles. The van der Waals surface area contributed by atoms with E-state index in [9.17, 15) is 8.42 Å². The molecule has 0 saturated carbocycles. The van der Waals surface area contributed by atoms with Crippen LogP contribution in [0.25, 0.3) is 0 Å². The highest BCUT2D eigenvalue weighted by molar-refractivity contribution is 9.10. The molecule has 1 aromatic rings. The van der Waals surface area contributed by atoms with E-state index in [-0.39, 0.29) is 11.7 Å². The van der Waals surface area contributed by atoms with E-state index in [4.69, 9.17) is 0 Å². The van der Waals surface area contributed by atoms with Gasteiger partial charge in [0, 0.05) is 16.8 Å². The second-order valence-electron chi connectivity index (χ2n) is 4.75. The van der Waals surface area contributed by atoms with Crippen LogP contribution in [0.1, 0.15) is 31.2 Å². The van der Waals surface area contributed by atoms with Gasteiger partial charge in [0.1, 0.15) is 9.84 Å². The van der Waals surface area contributed by atoms with Gasteiger partial charge in [-0.1, -0.05) is 35.0 Å². The van der Waals surface area contributed by atoms with Crippen molar-refractivity contribution >= 4 is 25.8 Å². The Morgan fingerprint density at radius 1 is 1.21 bits per heavy atom. The van der Waals surface area contributed by atoms with Crippen LogP contribution in [0.5, 0.6) is 0 Å². The second kappa shape index (κ2) is 8.02. The summed E-state index contributed by atoms with van der Waals surface area (Å²) < 4.78 is 24.6. The Morgan fingerprint density at radius 2 is 1.84 bits per heavy atom. The van der Waals surface area contributed by atoms with E-state index in [1.807, 2.05) is 26.1 Å². The molecule has 0 amide bonds. The summed E-state index contributed by atoms with van der Waals surface area (Å²) in [6.07, 6.45) is 1.36. The number of benzene rings is 1. The van der Waals surface area contributed by atoms with E-state index in [1.165, 1.54) is 5.56 Å². The Balaban J connectivity index is 2.70. The molecule has 0 heterocycles. The zero-order valence-corrected chi connectivity index (χ0v) is 13.9. The van der Waals surface area contributed by atoms with Crippen LogP contribution in [0.15, 0.2) is 28.7 Å². The quantitative estimate of drug-likeness (QED) is 0.786. The van der Waals surface area contributed by atoms with Crippen LogP contribution in [-0.2, 0) is 9.84 Å². The summed E-state index contributed by atoms with van der Waals surface area (Å²) in [7, 11) is -1.00. The maximum Gasteiger partial charge on any atom is 0.150 e. The molecule has 1 rings (SSSR count). The number of rotatable bonds is 8. The molecular formula is C14H22BrNO2S. The van der Waals surface area contributed by atoms with Crippen molar-refractivity contribution in [3.63, 3.8) is 0 Å². The maximum absolute atomic E-state index is 11.8. The topological polar surface area (TPSA) is 46.2 Å². The molecule has 0 aliphatic carbocycles. The highest BCUT2D eigenvalue weighted by Crippen LogP contribution is 2.22. The predicted molar refractivity (Wildman–Crippen MR) is 84.4 cm³/mol. The number of sulfone groups is 1. The molecule has 0 fully saturated rings. The molecular weight excluding hydrogens is 326 g/mol. The zero-order chi connectivity index (χ0) is 14.3. The molecule has 1 aromatic carbocycles. The fourth-order valence-electron chi connectivity index (χ4n) is 2.10. The van der Waals surface area contributed by atoms with Crippen molar-refractivity contribution < 1.29 is 8.42 Å². The van der Waals surface area contributed by atoms with Gasteiger partial charge in [0.25, 0.3) is 0 Å². The lowest BCUT2D eigenvalue weighted by Crippen LogP contribution is -2.21. The Labute approximate surface area is 124 Å². The summed E-state index contributed by atoms with van der Waals surface area (Å²) >= 11 is 3.41. The summed E-state index contributed by atoms with van der Waals surface area (Å²) in [6.45, 7) is 2.70. The van der Waals surface area contributed by atoms with E-state index >= 15 is 0 Å². The van der Waals surface area contributed by atoms with Crippen molar-refractivity contribution in [2.24, 2.45) is 0 Å². The number of nitrogens with one attached hydrogen (secondary N) is 1. The molecule has 0 aliphatic rings. The SMILES string of the molecule is CCCS(=O)(=O)CCC(CNC)c1ccc(Br)cc1. The smallest absolute Gasteiger partial charge is 0.150 e. The lowest BCUT2D eigenvalue weighted by Gasteiger charge is -2.17. The summed E-state index contributed by atoms with van der Waals surface area (Å²) in [5.74, 6) is 0.799. The van der Waals surface area contributed by atoms with Gasteiger partial charge >= 0.3 is 0 Å². The molecule has 0 saturated heterocycles. The number of halogens is 1. The lowest BCUT2D eigenvalue weighted by atomic mass is 9.96. The van der Waals surface area contributed by atoms with Gasteiger partial charge in [-0.2, -0.15) is 0 Å². The van der Waals surface area contributed by atoms with E-state index < -0.39 is 9.84 Å². The van der Waals surface area contributed by atoms with Gasteiger partial charge in [0.2, 0.25) is 0 Å². The van der Waals surface area contributed by atoms with Crippen molar-refractivity contribution in [3.05, 3.63) is 34.3 Å². The molecule has 0 radical (unpaired) electrons. The lowest BCUT2D eigenvalue weighted by molar-refractivity contribution is 0.573. The van der Waals surface area contributed by atoms with E-state index in [0.717, 1.165) is 11.0 Å². The number of likely N-dealkylation sites (N-methyl/N-ethyl adjacent to an activating group) is 1. The van der Waals surface area contributed by atoms with Crippen molar-refractivity contribution in [2.45, 2.75) is 25.7 Å². The summed E-state index contributed by atoms with van der Waals surface area (Å²) in [4.78, 5) is 0. The molecule has 108 valence electrons. The van der Waals surface area contributed by atoms with Crippen molar-refractivity contribution in [1.29, 1.82) is 0 Å². The largest absolute Gasteiger partial charge is 0.319 e. The first-order chi connectivity index (χ1) is 8.98. The molecule has 1 N–H and O–H groups in total. The third kappa shape index (κ3) is 6.06. The van der Waals surface area contributed by atoms with Gasteiger partial charge in [-0.3, -0.25) is 0 Å². The summed E-state index contributed by atoms with van der Waals surface area (Å²) in [6, 6.07) is 8.11. The zero-order valence-electron chi connectivity index (χ0n) is 11.5. The van der Waals surface area contributed by atoms with Crippen LogP contribution in [0.3, 0.4) is 0 Å². The minimum absolute atomic E-state index is 0.240. The van der Waals surface area contributed by atoms with Crippen molar-refractivity contribution in [3.8, 4) is 0 Å². The van der Waals surface area contributed by atoms with Crippen molar-refractivity contribution in [2.75, 3.05) is 25.1 Å². The molecule has 19 heavy (non-hydrogen) atoms. The second-order valence-corrected chi connectivity index (χ2v) is 7.97. The number of hydrogen-bond acceptors (Lipinski definition) is 3. The fraction of sp³-hybridized carbons (Fsp3) is 0.571. The summed E-state index contributed by atoms with van der Waals surface area (Å²) in [5.41, 5.74) is 1.18. The molecule has 0 bridgehead atoms. The normalized spacial score (nSPS) is 13.4. The van der Waals surface area contributed by atoms with Crippen LogP contribution in [-0.4, -0.2) is 33.5 Å². The molecule has 3 nitrogen and oxygen atoms in total. The highest BCUT2D eigenvalue weighted by Gasteiger charge is 2.16. The van der Waals surface area contributed by atoms with Gasteiger partial charge in [-0.05, 0) is 43.5 Å². The maximum atomic E-state index is 11.8.